The highest BCUT2D eigenvalue weighted by Crippen LogP contribution is 2.37. The first-order valence-corrected chi connectivity index (χ1v) is 5.04. The van der Waals surface area contributed by atoms with E-state index in [4.69, 9.17) is 10.6 Å². The van der Waals surface area contributed by atoms with Crippen LogP contribution in [0.1, 0.15) is 17.2 Å². The first-order valence-electron chi connectivity index (χ1n) is 5.04. The summed E-state index contributed by atoms with van der Waals surface area (Å²) in [4.78, 5) is 2.33. The number of azide groups is 1. The van der Waals surface area contributed by atoms with E-state index in [1.54, 1.807) is 0 Å². The highest BCUT2D eigenvalue weighted by molar-refractivity contribution is 5.38. The number of aliphatic hydroxyl groups excluding tert-OH is 2. The minimum absolute atomic E-state index is 0.443. The highest BCUT2D eigenvalue weighted by Gasteiger charge is 2.36. The molecule has 1 aromatic carbocycles. The van der Waals surface area contributed by atoms with Gasteiger partial charge >= 0.3 is 6.18 Å². The molecule has 1 rings (SSSR count). The van der Waals surface area contributed by atoms with Gasteiger partial charge in [0.1, 0.15) is 11.9 Å². The van der Waals surface area contributed by atoms with Crippen molar-refractivity contribution in [2.75, 3.05) is 6.54 Å². The van der Waals surface area contributed by atoms with E-state index >= 15 is 0 Å². The summed E-state index contributed by atoms with van der Waals surface area (Å²) >= 11 is 0. The van der Waals surface area contributed by atoms with Crippen molar-refractivity contribution in [1.29, 1.82) is 0 Å². The number of alkyl halides is 3. The van der Waals surface area contributed by atoms with Crippen LogP contribution in [0.15, 0.2) is 23.3 Å². The molecule has 0 aliphatic carbocycles. The summed E-state index contributed by atoms with van der Waals surface area (Å²) < 4.78 is 38.2. The van der Waals surface area contributed by atoms with E-state index < -0.39 is 41.8 Å². The Morgan fingerprint density at radius 3 is 2.47 bits per heavy atom. The number of aromatic hydroxyl groups is 1. The van der Waals surface area contributed by atoms with Crippen LogP contribution >= 0.6 is 0 Å². The van der Waals surface area contributed by atoms with Gasteiger partial charge in [-0.15, -0.1) is 0 Å². The predicted molar refractivity (Wildman–Crippen MR) is 58.1 cm³/mol. The van der Waals surface area contributed by atoms with E-state index in [1.165, 1.54) is 0 Å². The van der Waals surface area contributed by atoms with E-state index in [1.807, 2.05) is 0 Å². The molecular formula is C10H10F3N3O3. The van der Waals surface area contributed by atoms with Gasteiger partial charge in [-0.05, 0) is 23.2 Å². The molecule has 0 saturated heterocycles. The summed E-state index contributed by atoms with van der Waals surface area (Å²) in [6.07, 6.45) is -8.36. The zero-order valence-electron chi connectivity index (χ0n) is 9.41. The van der Waals surface area contributed by atoms with Crippen LogP contribution in [0.4, 0.5) is 13.2 Å². The number of aliphatic hydroxyl groups is 2. The third kappa shape index (κ3) is 3.75. The zero-order chi connectivity index (χ0) is 14.6. The van der Waals surface area contributed by atoms with Gasteiger partial charge in [0, 0.05) is 4.91 Å². The fourth-order valence-corrected chi connectivity index (χ4v) is 1.47. The number of phenols is 1. The quantitative estimate of drug-likeness (QED) is 0.445. The number of phenolic OH excluding ortho intramolecular Hbond substituents is 1. The molecule has 104 valence electrons. The van der Waals surface area contributed by atoms with Crippen molar-refractivity contribution in [2.45, 2.75) is 18.4 Å². The summed E-state index contributed by atoms with van der Waals surface area (Å²) in [7, 11) is 0. The van der Waals surface area contributed by atoms with E-state index in [2.05, 4.69) is 10.0 Å². The second kappa shape index (κ2) is 5.79. The van der Waals surface area contributed by atoms with Gasteiger partial charge < -0.3 is 15.3 Å². The van der Waals surface area contributed by atoms with Crippen LogP contribution in [0.3, 0.4) is 0 Å². The maximum absolute atomic E-state index is 12.7. The Kier molecular flexibility index (Phi) is 4.60. The molecule has 0 heterocycles. The Morgan fingerprint density at radius 2 is 1.95 bits per heavy atom. The van der Waals surface area contributed by atoms with Crippen molar-refractivity contribution in [3.63, 3.8) is 0 Å². The van der Waals surface area contributed by atoms with Gasteiger partial charge in [-0.3, -0.25) is 0 Å². The SMILES string of the molecule is [N-]=[N+]=NCC(O)C(O)c1ccc(O)cc1C(F)(F)F. The Balaban J connectivity index is 3.15. The number of benzene rings is 1. The van der Waals surface area contributed by atoms with Gasteiger partial charge in [0.15, 0.2) is 0 Å². The van der Waals surface area contributed by atoms with Crippen LogP contribution in [0.5, 0.6) is 5.75 Å². The zero-order valence-corrected chi connectivity index (χ0v) is 9.41. The molecule has 0 amide bonds. The number of nitrogens with zero attached hydrogens (tertiary/aromatic N) is 3. The van der Waals surface area contributed by atoms with E-state index in [0.717, 1.165) is 12.1 Å². The molecular weight excluding hydrogens is 267 g/mol. The smallest absolute Gasteiger partial charge is 0.416 e. The van der Waals surface area contributed by atoms with Gasteiger partial charge in [-0.2, -0.15) is 13.2 Å². The molecule has 0 aliphatic rings. The molecule has 2 unspecified atom stereocenters. The molecule has 19 heavy (non-hydrogen) atoms. The molecule has 0 aromatic heterocycles. The van der Waals surface area contributed by atoms with Crippen LogP contribution in [-0.4, -0.2) is 28.0 Å². The lowest BCUT2D eigenvalue weighted by molar-refractivity contribution is -0.140. The third-order valence-corrected chi connectivity index (χ3v) is 2.36. The average Bonchev–Trinajstić information content (AvgIpc) is 2.34. The lowest BCUT2D eigenvalue weighted by atomic mass is 9.98. The van der Waals surface area contributed by atoms with Crippen LogP contribution in [0, 0.1) is 0 Å². The van der Waals surface area contributed by atoms with E-state index in [0.29, 0.717) is 6.07 Å². The summed E-state index contributed by atoms with van der Waals surface area (Å²) in [6, 6.07) is 2.25. The Morgan fingerprint density at radius 1 is 1.32 bits per heavy atom. The largest absolute Gasteiger partial charge is 0.508 e. The van der Waals surface area contributed by atoms with Crippen LogP contribution < -0.4 is 0 Å². The van der Waals surface area contributed by atoms with Crippen molar-refractivity contribution >= 4 is 0 Å². The van der Waals surface area contributed by atoms with Crippen molar-refractivity contribution in [1.82, 2.24) is 0 Å². The molecule has 0 fully saturated rings. The molecule has 0 saturated carbocycles. The Hall–Kier alpha value is -1.96. The standard InChI is InChI=1S/C10H10F3N3O3/c11-10(12,13)7-3-5(17)1-2-6(7)9(19)8(18)4-15-16-14/h1-3,8-9,17-19H,4H2. The molecule has 0 bridgehead atoms. The van der Waals surface area contributed by atoms with Crippen molar-refractivity contribution < 1.29 is 28.5 Å². The van der Waals surface area contributed by atoms with Crippen LogP contribution in [0.2, 0.25) is 0 Å². The summed E-state index contributed by atoms with van der Waals surface area (Å²) in [5, 5.41) is 31.1. The molecule has 6 nitrogen and oxygen atoms in total. The minimum atomic E-state index is -4.80. The summed E-state index contributed by atoms with van der Waals surface area (Å²) in [6.45, 7) is -0.574. The van der Waals surface area contributed by atoms with Gasteiger partial charge in [-0.25, -0.2) is 0 Å². The molecule has 3 N–H and O–H groups in total. The first-order chi connectivity index (χ1) is 8.77. The highest BCUT2D eigenvalue weighted by atomic mass is 19.4. The number of halogens is 3. The molecule has 1 aromatic rings. The topological polar surface area (TPSA) is 109 Å². The van der Waals surface area contributed by atoms with Crippen LogP contribution in [0.25, 0.3) is 10.4 Å². The first kappa shape index (κ1) is 15.1. The predicted octanol–water partition coefficient (Wildman–Crippen LogP) is 2.12. The van der Waals surface area contributed by atoms with Gasteiger partial charge in [-0.1, -0.05) is 11.2 Å². The van der Waals surface area contributed by atoms with E-state index in [-0.39, 0.29) is 0 Å². The number of hydrogen-bond acceptors (Lipinski definition) is 4. The second-order valence-corrected chi connectivity index (χ2v) is 3.69. The minimum Gasteiger partial charge on any atom is -0.508 e. The maximum atomic E-state index is 12.7. The fraction of sp³-hybridized carbons (Fsp3) is 0.400. The molecule has 9 heteroatoms. The monoisotopic (exact) mass is 277 g/mol. The Bertz CT molecular complexity index is 501. The number of rotatable bonds is 4. The summed E-state index contributed by atoms with van der Waals surface area (Å²) in [5.41, 5.74) is 6.17. The van der Waals surface area contributed by atoms with Gasteiger partial charge in [0.2, 0.25) is 0 Å². The van der Waals surface area contributed by atoms with Crippen molar-refractivity contribution in [3.8, 4) is 5.75 Å². The maximum Gasteiger partial charge on any atom is 0.416 e. The van der Waals surface area contributed by atoms with Gasteiger partial charge in [0.25, 0.3) is 0 Å². The molecule has 0 aliphatic heterocycles. The molecule has 0 spiro atoms. The summed E-state index contributed by atoms with van der Waals surface area (Å²) in [5.74, 6) is -0.618. The average molecular weight is 277 g/mol. The third-order valence-electron chi connectivity index (χ3n) is 2.36. The van der Waals surface area contributed by atoms with E-state index in [9.17, 15) is 23.4 Å². The lowest BCUT2D eigenvalue weighted by Gasteiger charge is -2.20. The second-order valence-electron chi connectivity index (χ2n) is 3.69. The lowest BCUT2D eigenvalue weighted by Crippen LogP contribution is -2.24. The fourth-order valence-electron chi connectivity index (χ4n) is 1.47. The Labute approximate surface area is 105 Å². The molecule has 0 radical (unpaired) electrons. The van der Waals surface area contributed by atoms with Gasteiger partial charge in [0.05, 0.1) is 18.2 Å². The van der Waals surface area contributed by atoms with Crippen molar-refractivity contribution in [3.05, 3.63) is 39.8 Å². The number of hydrogen-bond donors (Lipinski definition) is 3. The van der Waals surface area contributed by atoms with Crippen molar-refractivity contribution in [2.24, 2.45) is 5.11 Å². The van der Waals surface area contributed by atoms with Crippen LogP contribution in [-0.2, 0) is 6.18 Å². The normalized spacial score (nSPS) is 14.6. The molecule has 2 atom stereocenters.